The van der Waals surface area contributed by atoms with Gasteiger partial charge in [-0.15, -0.1) is 0 Å². The molecule has 1 atom stereocenters. The Morgan fingerprint density at radius 3 is 3.43 bits per heavy atom. The molecule has 2 fully saturated rings. The van der Waals surface area contributed by atoms with E-state index in [1.807, 2.05) is 24.0 Å². The number of H-pyrrole nitrogens is 1. The van der Waals surface area contributed by atoms with E-state index in [2.05, 4.69) is 32.8 Å². The highest BCUT2D eigenvalue weighted by Gasteiger charge is 2.32. The van der Waals surface area contributed by atoms with Crippen LogP contribution in [0.3, 0.4) is 0 Å². The summed E-state index contributed by atoms with van der Waals surface area (Å²) in [5.41, 5.74) is 2.72. The monoisotopic (exact) mass is 299 g/mol. The smallest absolute Gasteiger partial charge is 0.164 e. The van der Waals surface area contributed by atoms with Crippen molar-refractivity contribution < 1.29 is 0 Å². The van der Waals surface area contributed by atoms with Gasteiger partial charge in [0.2, 0.25) is 0 Å². The Morgan fingerprint density at radius 1 is 1.52 bits per heavy atom. The molecule has 2 saturated heterocycles. The number of aromatic amines is 1. The summed E-state index contributed by atoms with van der Waals surface area (Å²) in [5, 5.41) is 5.61. The third-order valence-corrected chi connectivity index (χ3v) is 5.13. The molecule has 6 heteroatoms. The van der Waals surface area contributed by atoms with Crippen molar-refractivity contribution in [3.05, 3.63) is 36.7 Å². The van der Waals surface area contributed by atoms with Gasteiger partial charge in [0.25, 0.3) is 0 Å². The fraction of sp³-hybridized carbons (Fsp3) is 0.333. The predicted octanol–water partition coefficient (Wildman–Crippen LogP) is 1.91. The highest BCUT2D eigenvalue weighted by Crippen LogP contribution is 2.29. The molecule has 2 N–H and O–H groups in total. The van der Waals surface area contributed by atoms with Crippen molar-refractivity contribution in [1.82, 2.24) is 20.2 Å². The van der Waals surface area contributed by atoms with Crippen LogP contribution < -0.4 is 5.32 Å². The van der Waals surface area contributed by atoms with Crippen LogP contribution in [0, 0.1) is 0 Å². The quantitative estimate of drug-likeness (QED) is 0.889. The van der Waals surface area contributed by atoms with Gasteiger partial charge in [0.15, 0.2) is 5.17 Å². The average Bonchev–Trinajstić information content (AvgIpc) is 3.12. The van der Waals surface area contributed by atoms with Gasteiger partial charge in [-0.2, -0.15) is 0 Å². The number of nitrogens with zero attached hydrogens (tertiary/aromatic N) is 3. The van der Waals surface area contributed by atoms with Crippen molar-refractivity contribution in [2.24, 2.45) is 4.99 Å². The lowest BCUT2D eigenvalue weighted by atomic mass is 10.2. The van der Waals surface area contributed by atoms with Crippen LogP contribution in [0.5, 0.6) is 0 Å². The maximum absolute atomic E-state index is 4.79. The fourth-order valence-electron chi connectivity index (χ4n) is 2.88. The predicted molar refractivity (Wildman–Crippen MR) is 88.4 cm³/mol. The number of thioether (sulfide) groups is 1. The lowest BCUT2D eigenvalue weighted by molar-refractivity contribution is 0.291. The van der Waals surface area contributed by atoms with Crippen molar-refractivity contribution in [2.45, 2.75) is 6.04 Å². The van der Waals surface area contributed by atoms with Crippen LogP contribution in [0.25, 0.3) is 16.7 Å². The molecule has 21 heavy (non-hydrogen) atoms. The van der Waals surface area contributed by atoms with Crippen molar-refractivity contribution in [3.8, 4) is 0 Å². The molecule has 0 radical (unpaired) electrons. The molecule has 0 aliphatic carbocycles. The molecule has 4 heterocycles. The maximum atomic E-state index is 4.79. The van der Waals surface area contributed by atoms with E-state index in [1.165, 1.54) is 0 Å². The van der Waals surface area contributed by atoms with Crippen LogP contribution in [-0.4, -0.2) is 51.5 Å². The normalized spacial score (nSPS) is 23.7. The Labute approximate surface area is 127 Å². The van der Waals surface area contributed by atoms with Crippen LogP contribution in [0.1, 0.15) is 5.56 Å². The van der Waals surface area contributed by atoms with Crippen molar-refractivity contribution in [1.29, 1.82) is 0 Å². The summed E-state index contributed by atoms with van der Waals surface area (Å²) in [6.45, 7) is 7.26. The second-order valence-electron chi connectivity index (χ2n) is 5.31. The standard InChI is InChI=1S/C15H17N5S/c1-10(13-8-18-14-12(13)3-2-4-17-14)19-15-20-6-5-16-7-11(20)9-21-15/h2-4,8,11,16H,1,5-7,9H2,(H,17,18). The molecule has 2 aliphatic rings. The fourth-order valence-corrected chi connectivity index (χ4v) is 4.10. The molecule has 0 amide bonds. The minimum absolute atomic E-state index is 0.569. The molecule has 0 aromatic carbocycles. The molecular formula is C15H17N5S. The molecular weight excluding hydrogens is 282 g/mol. The van der Waals surface area contributed by atoms with Gasteiger partial charge in [0.1, 0.15) is 5.65 Å². The number of fused-ring (bicyclic) bond motifs is 2. The van der Waals surface area contributed by atoms with Crippen molar-refractivity contribution in [2.75, 3.05) is 25.4 Å². The Balaban J connectivity index is 1.64. The van der Waals surface area contributed by atoms with E-state index < -0.39 is 0 Å². The van der Waals surface area contributed by atoms with Gasteiger partial charge in [-0.05, 0) is 12.1 Å². The van der Waals surface area contributed by atoms with Crippen molar-refractivity contribution in [3.63, 3.8) is 0 Å². The molecule has 4 rings (SSSR count). The first-order valence-electron chi connectivity index (χ1n) is 7.13. The highest BCUT2D eigenvalue weighted by molar-refractivity contribution is 8.14. The highest BCUT2D eigenvalue weighted by atomic mass is 32.2. The summed E-state index contributed by atoms with van der Waals surface area (Å²) in [6, 6.07) is 4.56. The topological polar surface area (TPSA) is 56.3 Å². The number of rotatable bonds is 2. The van der Waals surface area contributed by atoms with Gasteiger partial charge in [-0.25, -0.2) is 9.98 Å². The number of hydrogen-bond donors (Lipinski definition) is 2. The van der Waals surface area contributed by atoms with E-state index in [1.54, 1.807) is 6.20 Å². The zero-order valence-electron chi connectivity index (χ0n) is 11.7. The zero-order chi connectivity index (χ0) is 14.2. The molecule has 0 bridgehead atoms. The van der Waals surface area contributed by atoms with Crippen LogP contribution in [0.2, 0.25) is 0 Å². The number of nitrogens with one attached hydrogen (secondary N) is 2. The molecule has 2 aliphatic heterocycles. The van der Waals surface area contributed by atoms with E-state index in [-0.39, 0.29) is 0 Å². The summed E-state index contributed by atoms with van der Waals surface area (Å²) in [7, 11) is 0. The zero-order valence-corrected chi connectivity index (χ0v) is 12.5. The van der Waals surface area contributed by atoms with Gasteiger partial charge in [0, 0.05) is 48.7 Å². The van der Waals surface area contributed by atoms with Gasteiger partial charge in [-0.3, -0.25) is 0 Å². The Morgan fingerprint density at radius 2 is 2.48 bits per heavy atom. The van der Waals surface area contributed by atoms with E-state index in [0.717, 1.165) is 52.8 Å². The molecule has 0 spiro atoms. The van der Waals surface area contributed by atoms with E-state index in [4.69, 9.17) is 4.99 Å². The summed E-state index contributed by atoms with van der Waals surface area (Å²) >= 11 is 1.83. The molecule has 2 aromatic heterocycles. The summed E-state index contributed by atoms with van der Waals surface area (Å²) in [5.74, 6) is 1.11. The Bertz CT molecular complexity index is 720. The average molecular weight is 299 g/mol. The number of aromatic nitrogens is 2. The molecule has 0 saturated carbocycles. The number of pyridine rings is 1. The lowest BCUT2D eigenvalue weighted by Gasteiger charge is -2.31. The summed E-state index contributed by atoms with van der Waals surface area (Å²) in [6.07, 6.45) is 3.73. The maximum Gasteiger partial charge on any atom is 0.164 e. The minimum Gasteiger partial charge on any atom is -0.345 e. The van der Waals surface area contributed by atoms with E-state index in [9.17, 15) is 0 Å². The van der Waals surface area contributed by atoms with Gasteiger partial charge < -0.3 is 15.2 Å². The van der Waals surface area contributed by atoms with E-state index >= 15 is 0 Å². The Hall–Kier alpha value is -1.79. The molecule has 2 aromatic rings. The molecule has 108 valence electrons. The third-order valence-electron chi connectivity index (χ3n) is 3.99. The second kappa shape index (κ2) is 5.20. The van der Waals surface area contributed by atoms with Gasteiger partial charge in [-0.1, -0.05) is 18.3 Å². The van der Waals surface area contributed by atoms with E-state index in [0.29, 0.717) is 6.04 Å². The Kier molecular flexibility index (Phi) is 3.20. The van der Waals surface area contributed by atoms with Crippen LogP contribution in [0.15, 0.2) is 36.1 Å². The summed E-state index contributed by atoms with van der Waals surface area (Å²) < 4.78 is 0. The number of piperazine rings is 1. The van der Waals surface area contributed by atoms with Crippen LogP contribution in [0.4, 0.5) is 0 Å². The molecule has 5 nitrogen and oxygen atoms in total. The first kappa shape index (κ1) is 12.9. The largest absolute Gasteiger partial charge is 0.345 e. The number of amidine groups is 1. The summed E-state index contributed by atoms with van der Waals surface area (Å²) in [4.78, 5) is 14.7. The van der Waals surface area contributed by atoms with Gasteiger partial charge in [0.05, 0.1) is 11.7 Å². The lowest BCUT2D eigenvalue weighted by Crippen LogP contribution is -2.50. The SMILES string of the molecule is C=C(N=C1SCC2CNCCN12)c1c[nH]c2ncccc12. The molecule has 1 unspecified atom stereocenters. The second-order valence-corrected chi connectivity index (χ2v) is 6.29. The van der Waals surface area contributed by atoms with Crippen LogP contribution in [-0.2, 0) is 0 Å². The van der Waals surface area contributed by atoms with Crippen molar-refractivity contribution >= 4 is 33.7 Å². The first-order chi connectivity index (χ1) is 10.3. The van der Waals surface area contributed by atoms with Crippen LogP contribution >= 0.6 is 11.8 Å². The minimum atomic E-state index is 0.569. The number of aliphatic imine (C=N–C) groups is 1. The third kappa shape index (κ3) is 2.24. The van der Waals surface area contributed by atoms with Gasteiger partial charge >= 0.3 is 0 Å². The number of hydrogen-bond acceptors (Lipinski definition) is 4. The first-order valence-corrected chi connectivity index (χ1v) is 8.12.